The Morgan fingerprint density at radius 2 is 2.44 bits per heavy atom. The Morgan fingerprint density at radius 3 is 2.89 bits per heavy atom. The molecule has 0 saturated heterocycles. The van der Waals surface area contributed by atoms with Crippen molar-refractivity contribution in [2.75, 3.05) is 0 Å². The molecule has 0 fully saturated rings. The maximum atomic E-state index is 3.34. The molecule has 0 saturated carbocycles. The van der Waals surface area contributed by atoms with Gasteiger partial charge in [-0.05, 0) is 25.0 Å². The first-order valence-electron chi connectivity index (χ1n) is 3.75. The molecule has 0 aromatic carbocycles. The van der Waals surface area contributed by atoms with Gasteiger partial charge >= 0.3 is 0 Å². The maximum Gasteiger partial charge on any atom is 0.0281 e. The van der Waals surface area contributed by atoms with Crippen molar-refractivity contribution in [3.05, 3.63) is 12.3 Å². The molecule has 0 radical (unpaired) electrons. The third-order valence-corrected chi connectivity index (χ3v) is 2.06. The summed E-state index contributed by atoms with van der Waals surface area (Å²) in [5, 5.41) is 3.34. The standard InChI is InChI=1S/C8H15N/c1-3-8-7(2)5-4-6-9-8/h4,6-9H,3,5H2,1-2H3. The van der Waals surface area contributed by atoms with Crippen LogP contribution in [0.4, 0.5) is 0 Å². The van der Waals surface area contributed by atoms with E-state index in [2.05, 4.69) is 31.4 Å². The zero-order valence-electron chi connectivity index (χ0n) is 6.22. The topological polar surface area (TPSA) is 12.0 Å². The van der Waals surface area contributed by atoms with Gasteiger partial charge in [-0.15, -0.1) is 0 Å². The summed E-state index contributed by atoms with van der Waals surface area (Å²) < 4.78 is 0. The van der Waals surface area contributed by atoms with E-state index in [4.69, 9.17) is 0 Å². The fourth-order valence-corrected chi connectivity index (χ4v) is 1.32. The Hall–Kier alpha value is -0.460. The fourth-order valence-electron chi connectivity index (χ4n) is 1.32. The van der Waals surface area contributed by atoms with Crippen LogP contribution in [0.2, 0.25) is 0 Å². The quantitative estimate of drug-likeness (QED) is 0.564. The molecular formula is C8H15N. The first-order chi connectivity index (χ1) is 4.34. The molecule has 1 heteroatoms. The van der Waals surface area contributed by atoms with Gasteiger partial charge in [0.1, 0.15) is 0 Å². The van der Waals surface area contributed by atoms with Crippen LogP contribution in [0, 0.1) is 5.92 Å². The maximum absolute atomic E-state index is 3.34. The summed E-state index contributed by atoms with van der Waals surface area (Å²) in [6.45, 7) is 4.53. The van der Waals surface area contributed by atoms with Crippen molar-refractivity contribution in [2.45, 2.75) is 32.7 Å². The highest BCUT2D eigenvalue weighted by Gasteiger charge is 2.14. The van der Waals surface area contributed by atoms with Gasteiger partial charge in [-0.25, -0.2) is 0 Å². The van der Waals surface area contributed by atoms with E-state index in [0.717, 1.165) is 12.0 Å². The van der Waals surface area contributed by atoms with Crippen LogP contribution >= 0.6 is 0 Å². The molecule has 0 aromatic heterocycles. The Bertz CT molecular complexity index is 107. The largest absolute Gasteiger partial charge is 0.388 e. The predicted molar refractivity (Wildman–Crippen MR) is 40.1 cm³/mol. The fraction of sp³-hybridized carbons (Fsp3) is 0.750. The van der Waals surface area contributed by atoms with Crippen molar-refractivity contribution < 1.29 is 0 Å². The number of rotatable bonds is 1. The minimum atomic E-state index is 0.718. The highest BCUT2D eigenvalue weighted by molar-refractivity contribution is 4.93. The third-order valence-electron chi connectivity index (χ3n) is 2.06. The van der Waals surface area contributed by atoms with Crippen LogP contribution in [-0.2, 0) is 0 Å². The van der Waals surface area contributed by atoms with Gasteiger partial charge in [0.2, 0.25) is 0 Å². The van der Waals surface area contributed by atoms with E-state index >= 15 is 0 Å². The van der Waals surface area contributed by atoms with E-state index in [9.17, 15) is 0 Å². The lowest BCUT2D eigenvalue weighted by molar-refractivity contribution is 0.387. The molecule has 1 rings (SSSR count). The van der Waals surface area contributed by atoms with Gasteiger partial charge in [-0.3, -0.25) is 0 Å². The number of allylic oxidation sites excluding steroid dienone is 1. The summed E-state index contributed by atoms with van der Waals surface area (Å²) in [7, 11) is 0. The van der Waals surface area contributed by atoms with Crippen molar-refractivity contribution >= 4 is 0 Å². The lowest BCUT2D eigenvalue weighted by Gasteiger charge is -2.25. The summed E-state index contributed by atoms with van der Waals surface area (Å²) in [5.74, 6) is 0.819. The first-order valence-corrected chi connectivity index (χ1v) is 3.75. The minimum absolute atomic E-state index is 0.718. The molecule has 2 atom stereocenters. The van der Waals surface area contributed by atoms with Gasteiger partial charge in [0.15, 0.2) is 0 Å². The third kappa shape index (κ3) is 1.47. The van der Waals surface area contributed by atoms with Gasteiger partial charge in [-0.1, -0.05) is 19.9 Å². The van der Waals surface area contributed by atoms with E-state index in [-0.39, 0.29) is 0 Å². The minimum Gasteiger partial charge on any atom is -0.388 e. The Labute approximate surface area is 57.1 Å². The second kappa shape index (κ2) is 2.90. The molecule has 0 bridgehead atoms. The van der Waals surface area contributed by atoms with Gasteiger partial charge in [0.05, 0.1) is 0 Å². The van der Waals surface area contributed by atoms with Crippen molar-refractivity contribution in [3.63, 3.8) is 0 Å². The molecule has 1 nitrogen and oxygen atoms in total. The molecule has 1 N–H and O–H groups in total. The van der Waals surface area contributed by atoms with E-state index in [0.29, 0.717) is 0 Å². The normalized spacial score (nSPS) is 34.0. The van der Waals surface area contributed by atoms with Crippen LogP contribution in [0.1, 0.15) is 26.7 Å². The molecule has 1 aliphatic rings. The van der Waals surface area contributed by atoms with Gasteiger partial charge in [0.25, 0.3) is 0 Å². The summed E-state index contributed by atoms with van der Waals surface area (Å²) >= 11 is 0. The van der Waals surface area contributed by atoms with E-state index in [1.54, 1.807) is 0 Å². The molecule has 52 valence electrons. The molecular weight excluding hydrogens is 110 g/mol. The van der Waals surface area contributed by atoms with Crippen molar-refractivity contribution in [2.24, 2.45) is 5.92 Å². The van der Waals surface area contributed by atoms with Crippen molar-refractivity contribution in [1.82, 2.24) is 5.32 Å². The number of hydrogen-bond donors (Lipinski definition) is 1. The first kappa shape index (κ1) is 6.66. The summed E-state index contributed by atoms with van der Waals surface area (Å²) in [6.07, 6.45) is 6.77. The van der Waals surface area contributed by atoms with Crippen molar-refractivity contribution in [1.29, 1.82) is 0 Å². The molecule has 0 aromatic rings. The van der Waals surface area contributed by atoms with Gasteiger partial charge in [0, 0.05) is 6.04 Å². The zero-order valence-corrected chi connectivity index (χ0v) is 6.22. The molecule has 9 heavy (non-hydrogen) atoms. The highest BCUT2D eigenvalue weighted by atomic mass is 14.9. The molecule has 0 amide bonds. The van der Waals surface area contributed by atoms with Crippen LogP contribution < -0.4 is 5.32 Å². The van der Waals surface area contributed by atoms with Crippen LogP contribution in [-0.4, -0.2) is 6.04 Å². The van der Waals surface area contributed by atoms with Gasteiger partial charge in [-0.2, -0.15) is 0 Å². The lowest BCUT2D eigenvalue weighted by Crippen LogP contribution is -2.32. The Balaban J connectivity index is 2.43. The Kier molecular flexibility index (Phi) is 2.15. The lowest BCUT2D eigenvalue weighted by atomic mass is 9.94. The van der Waals surface area contributed by atoms with Crippen LogP contribution in [0.3, 0.4) is 0 Å². The molecule has 1 heterocycles. The van der Waals surface area contributed by atoms with Crippen LogP contribution in [0.5, 0.6) is 0 Å². The smallest absolute Gasteiger partial charge is 0.0281 e. The zero-order chi connectivity index (χ0) is 6.69. The van der Waals surface area contributed by atoms with E-state index in [1.165, 1.54) is 12.8 Å². The number of hydrogen-bond acceptors (Lipinski definition) is 1. The second-order valence-corrected chi connectivity index (χ2v) is 2.80. The average Bonchev–Trinajstić information content (AvgIpc) is 1.89. The summed E-state index contributed by atoms with van der Waals surface area (Å²) in [6, 6.07) is 0.718. The van der Waals surface area contributed by atoms with E-state index in [1.807, 2.05) is 0 Å². The van der Waals surface area contributed by atoms with Gasteiger partial charge < -0.3 is 5.32 Å². The van der Waals surface area contributed by atoms with Crippen molar-refractivity contribution in [3.8, 4) is 0 Å². The average molecular weight is 125 g/mol. The molecule has 1 aliphatic heterocycles. The SMILES string of the molecule is CCC1NC=CCC1C. The number of nitrogens with one attached hydrogen (secondary N) is 1. The molecule has 0 aliphatic carbocycles. The molecule has 2 unspecified atom stereocenters. The summed E-state index contributed by atoms with van der Waals surface area (Å²) in [5.41, 5.74) is 0. The highest BCUT2D eigenvalue weighted by Crippen LogP contribution is 2.14. The van der Waals surface area contributed by atoms with Crippen LogP contribution in [0.25, 0.3) is 0 Å². The predicted octanol–water partition coefficient (Wildman–Crippen LogP) is 1.91. The van der Waals surface area contributed by atoms with Crippen LogP contribution in [0.15, 0.2) is 12.3 Å². The van der Waals surface area contributed by atoms with E-state index < -0.39 is 0 Å². The molecule has 0 spiro atoms. The second-order valence-electron chi connectivity index (χ2n) is 2.80. The summed E-state index contributed by atoms with van der Waals surface area (Å²) in [4.78, 5) is 0. The Morgan fingerprint density at radius 1 is 1.67 bits per heavy atom. The monoisotopic (exact) mass is 125 g/mol.